The Balaban J connectivity index is 1.72. The molecule has 2 saturated carbocycles. The van der Waals surface area contributed by atoms with Crippen LogP contribution in [0.4, 0.5) is 0 Å². The summed E-state index contributed by atoms with van der Waals surface area (Å²) in [5.41, 5.74) is 0. The highest BCUT2D eigenvalue weighted by Crippen LogP contribution is 2.38. The summed E-state index contributed by atoms with van der Waals surface area (Å²) < 4.78 is 0. The van der Waals surface area contributed by atoms with Gasteiger partial charge in [0, 0.05) is 25.4 Å². The van der Waals surface area contributed by atoms with Crippen LogP contribution in [0.15, 0.2) is 0 Å². The molecule has 0 heterocycles. The van der Waals surface area contributed by atoms with Crippen LogP contribution in [0.1, 0.15) is 39.0 Å². The summed E-state index contributed by atoms with van der Waals surface area (Å²) in [6.07, 6.45) is 5.73. The lowest BCUT2D eigenvalue weighted by Gasteiger charge is -2.26. The van der Waals surface area contributed by atoms with Gasteiger partial charge in [0.15, 0.2) is 0 Å². The van der Waals surface area contributed by atoms with E-state index in [1.54, 1.807) is 0 Å². The summed E-state index contributed by atoms with van der Waals surface area (Å²) in [6.45, 7) is 4.53. The summed E-state index contributed by atoms with van der Waals surface area (Å²) in [5.74, 6) is 2.69. The fraction of sp³-hybridized carbons (Fsp3) is 0.923. The van der Waals surface area contributed by atoms with Gasteiger partial charge in [-0.15, -0.1) is 0 Å². The molecule has 0 N–H and O–H groups in total. The molecule has 0 bridgehead atoms. The summed E-state index contributed by atoms with van der Waals surface area (Å²) >= 11 is 0. The highest BCUT2D eigenvalue weighted by Gasteiger charge is 2.34. The van der Waals surface area contributed by atoms with Crippen LogP contribution in [0, 0.1) is 17.8 Å². The maximum absolute atomic E-state index is 11.7. The molecule has 0 saturated heterocycles. The lowest BCUT2D eigenvalue weighted by Crippen LogP contribution is -2.33. The lowest BCUT2D eigenvalue weighted by molar-refractivity contribution is -0.125. The highest BCUT2D eigenvalue weighted by atomic mass is 16.1. The maximum Gasteiger partial charge on any atom is 0.137 e. The Morgan fingerprint density at radius 2 is 2.07 bits per heavy atom. The van der Waals surface area contributed by atoms with Gasteiger partial charge in [0.25, 0.3) is 0 Å². The molecule has 2 aliphatic rings. The summed E-state index contributed by atoms with van der Waals surface area (Å²) in [7, 11) is 2.17. The van der Waals surface area contributed by atoms with Crippen LogP contribution in [0.2, 0.25) is 0 Å². The van der Waals surface area contributed by atoms with Crippen LogP contribution >= 0.6 is 0 Å². The second-order valence-corrected chi connectivity index (χ2v) is 5.60. The average Bonchev–Trinajstić information content (AvgIpc) is 2.86. The first-order chi connectivity index (χ1) is 7.16. The van der Waals surface area contributed by atoms with Gasteiger partial charge in [0.1, 0.15) is 5.78 Å². The van der Waals surface area contributed by atoms with Gasteiger partial charge in [-0.1, -0.05) is 13.3 Å². The zero-order chi connectivity index (χ0) is 10.8. The zero-order valence-corrected chi connectivity index (χ0v) is 10.0. The average molecular weight is 209 g/mol. The predicted octanol–water partition coefficient (Wildman–Crippen LogP) is 2.33. The number of nitrogens with zero attached hydrogens (tertiary/aromatic N) is 1. The third-order valence-corrected chi connectivity index (χ3v) is 4.04. The third-order valence-electron chi connectivity index (χ3n) is 4.04. The molecular formula is C13H23NO. The number of ketones is 1. The molecular weight excluding hydrogens is 186 g/mol. The number of rotatable bonds is 4. The molecule has 0 aromatic rings. The van der Waals surface area contributed by atoms with Crippen LogP contribution in [0.3, 0.4) is 0 Å². The fourth-order valence-corrected chi connectivity index (χ4v) is 2.75. The molecule has 15 heavy (non-hydrogen) atoms. The lowest BCUT2D eigenvalue weighted by atomic mass is 9.87. The molecule has 0 radical (unpaired) electrons. The zero-order valence-electron chi connectivity index (χ0n) is 10.0. The monoisotopic (exact) mass is 209 g/mol. The molecule has 0 aliphatic heterocycles. The van der Waals surface area contributed by atoms with Gasteiger partial charge in [0.05, 0.1) is 0 Å². The Labute approximate surface area is 93.0 Å². The molecule has 86 valence electrons. The van der Waals surface area contributed by atoms with Crippen LogP contribution in [0.5, 0.6) is 0 Å². The standard InChI is InChI=1S/C13H23NO/c1-10-7-12(10)9-14(2)8-11-5-3-4-6-13(11)15/h10-12H,3-9H2,1-2H3. The van der Waals surface area contributed by atoms with E-state index < -0.39 is 0 Å². The normalized spacial score (nSPS) is 35.9. The van der Waals surface area contributed by atoms with E-state index in [4.69, 9.17) is 0 Å². The van der Waals surface area contributed by atoms with Crippen LogP contribution in [0.25, 0.3) is 0 Å². The van der Waals surface area contributed by atoms with Gasteiger partial charge in [-0.2, -0.15) is 0 Å². The van der Waals surface area contributed by atoms with Crippen molar-refractivity contribution >= 4 is 5.78 Å². The number of carbonyl (C=O) groups excluding carboxylic acids is 1. The molecule has 2 fully saturated rings. The van der Waals surface area contributed by atoms with Crippen molar-refractivity contribution in [2.45, 2.75) is 39.0 Å². The molecule has 3 atom stereocenters. The summed E-state index contributed by atoms with van der Waals surface area (Å²) in [6, 6.07) is 0. The number of carbonyl (C=O) groups is 1. The first-order valence-electron chi connectivity index (χ1n) is 6.38. The minimum Gasteiger partial charge on any atom is -0.305 e. The molecule has 3 unspecified atom stereocenters. The van der Waals surface area contributed by atoms with Crippen molar-refractivity contribution in [3.63, 3.8) is 0 Å². The molecule has 0 aromatic carbocycles. The second-order valence-electron chi connectivity index (χ2n) is 5.60. The van der Waals surface area contributed by atoms with E-state index in [9.17, 15) is 4.79 Å². The molecule has 0 aromatic heterocycles. The van der Waals surface area contributed by atoms with Crippen molar-refractivity contribution in [1.29, 1.82) is 0 Å². The maximum atomic E-state index is 11.7. The molecule has 0 spiro atoms. The Hall–Kier alpha value is -0.370. The van der Waals surface area contributed by atoms with E-state index in [0.717, 1.165) is 37.6 Å². The van der Waals surface area contributed by atoms with E-state index >= 15 is 0 Å². The topological polar surface area (TPSA) is 20.3 Å². The Bertz CT molecular complexity index is 239. The Kier molecular flexibility index (Phi) is 3.45. The largest absolute Gasteiger partial charge is 0.305 e. The Morgan fingerprint density at radius 1 is 1.33 bits per heavy atom. The van der Waals surface area contributed by atoms with E-state index in [2.05, 4.69) is 18.9 Å². The minimum atomic E-state index is 0.345. The molecule has 2 nitrogen and oxygen atoms in total. The molecule has 0 amide bonds. The van der Waals surface area contributed by atoms with E-state index in [0.29, 0.717) is 11.7 Å². The van der Waals surface area contributed by atoms with Gasteiger partial charge in [-0.25, -0.2) is 0 Å². The van der Waals surface area contributed by atoms with E-state index in [1.807, 2.05) is 0 Å². The molecule has 2 rings (SSSR count). The second kappa shape index (κ2) is 4.65. The fourth-order valence-electron chi connectivity index (χ4n) is 2.75. The predicted molar refractivity (Wildman–Crippen MR) is 61.7 cm³/mol. The van der Waals surface area contributed by atoms with Crippen molar-refractivity contribution in [2.24, 2.45) is 17.8 Å². The summed E-state index contributed by atoms with van der Waals surface area (Å²) in [4.78, 5) is 14.0. The van der Waals surface area contributed by atoms with Crippen molar-refractivity contribution in [2.75, 3.05) is 20.1 Å². The van der Waals surface area contributed by atoms with Crippen LogP contribution in [-0.4, -0.2) is 30.8 Å². The Morgan fingerprint density at radius 3 is 2.67 bits per heavy atom. The SMILES string of the molecule is CC1CC1CN(C)CC1CCCCC1=O. The van der Waals surface area contributed by atoms with Gasteiger partial charge in [-0.05, 0) is 38.1 Å². The number of hydrogen-bond donors (Lipinski definition) is 0. The minimum absolute atomic E-state index is 0.345. The van der Waals surface area contributed by atoms with Crippen LogP contribution < -0.4 is 0 Å². The van der Waals surface area contributed by atoms with Gasteiger partial charge in [0.2, 0.25) is 0 Å². The van der Waals surface area contributed by atoms with Gasteiger partial charge >= 0.3 is 0 Å². The van der Waals surface area contributed by atoms with Crippen molar-refractivity contribution < 1.29 is 4.79 Å². The van der Waals surface area contributed by atoms with Crippen LogP contribution in [-0.2, 0) is 4.79 Å². The smallest absolute Gasteiger partial charge is 0.137 e. The van der Waals surface area contributed by atoms with E-state index in [1.165, 1.54) is 19.4 Å². The van der Waals surface area contributed by atoms with E-state index in [-0.39, 0.29) is 0 Å². The van der Waals surface area contributed by atoms with Gasteiger partial charge < -0.3 is 4.90 Å². The van der Waals surface area contributed by atoms with Crippen molar-refractivity contribution in [3.8, 4) is 0 Å². The molecule has 2 aliphatic carbocycles. The first kappa shape index (κ1) is 11.1. The van der Waals surface area contributed by atoms with Crippen molar-refractivity contribution in [1.82, 2.24) is 4.90 Å². The quantitative estimate of drug-likeness (QED) is 0.708. The summed E-state index contributed by atoms with van der Waals surface area (Å²) in [5, 5.41) is 0. The highest BCUT2D eigenvalue weighted by molar-refractivity contribution is 5.81. The van der Waals surface area contributed by atoms with Gasteiger partial charge in [-0.3, -0.25) is 4.79 Å². The number of Topliss-reactive ketones (excluding diaryl/α,β-unsaturated/α-hetero) is 1. The first-order valence-corrected chi connectivity index (χ1v) is 6.38. The van der Waals surface area contributed by atoms with Crippen molar-refractivity contribution in [3.05, 3.63) is 0 Å². The number of hydrogen-bond acceptors (Lipinski definition) is 2. The third kappa shape index (κ3) is 3.04. The molecule has 2 heteroatoms.